The fraction of sp³-hybridized carbons (Fsp3) is 0.381. The SMILES string of the molecule is COCc1ccc([C@@H](C)N2CCN(c3ccc(C#N)cc3F)CC2)cc1. The van der Waals surface area contributed by atoms with E-state index in [1.54, 1.807) is 19.2 Å². The van der Waals surface area contributed by atoms with Gasteiger partial charge >= 0.3 is 0 Å². The zero-order chi connectivity index (χ0) is 18.5. The topological polar surface area (TPSA) is 39.5 Å². The van der Waals surface area contributed by atoms with Gasteiger partial charge in [0.1, 0.15) is 5.82 Å². The third-order valence-electron chi connectivity index (χ3n) is 5.05. The van der Waals surface area contributed by atoms with Crippen molar-refractivity contribution in [3.63, 3.8) is 0 Å². The highest BCUT2D eigenvalue weighted by Gasteiger charge is 2.23. The van der Waals surface area contributed by atoms with Crippen LogP contribution in [0.3, 0.4) is 0 Å². The van der Waals surface area contributed by atoms with Crippen LogP contribution in [0.2, 0.25) is 0 Å². The van der Waals surface area contributed by atoms with Crippen LogP contribution < -0.4 is 4.90 Å². The van der Waals surface area contributed by atoms with Crippen molar-refractivity contribution in [3.05, 3.63) is 65.0 Å². The van der Waals surface area contributed by atoms with Crippen molar-refractivity contribution < 1.29 is 9.13 Å². The summed E-state index contributed by atoms with van der Waals surface area (Å²) in [7, 11) is 1.70. The van der Waals surface area contributed by atoms with E-state index in [-0.39, 0.29) is 5.82 Å². The Kier molecular flexibility index (Phi) is 5.87. The van der Waals surface area contributed by atoms with Crippen LogP contribution in [-0.4, -0.2) is 38.2 Å². The fourth-order valence-electron chi connectivity index (χ4n) is 3.45. The summed E-state index contributed by atoms with van der Waals surface area (Å²) in [6.45, 7) is 6.14. The van der Waals surface area contributed by atoms with Crippen molar-refractivity contribution in [2.75, 3.05) is 38.2 Å². The van der Waals surface area contributed by atoms with E-state index < -0.39 is 0 Å². The van der Waals surface area contributed by atoms with Gasteiger partial charge in [0, 0.05) is 39.3 Å². The van der Waals surface area contributed by atoms with E-state index >= 15 is 0 Å². The molecule has 3 rings (SSSR count). The molecule has 0 N–H and O–H groups in total. The molecule has 26 heavy (non-hydrogen) atoms. The fourth-order valence-corrected chi connectivity index (χ4v) is 3.45. The van der Waals surface area contributed by atoms with Gasteiger partial charge in [-0.2, -0.15) is 5.26 Å². The highest BCUT2D eigenvalue weighted by Crippen LogP contribution is 2.26. The molecule has 1 fully saturated rings. The van der Waals surface area contributed by atoms with Gasteiger partial charge in [-0.15, -0.1) is 0 Å². The molecule has 2 aromatic carbocycles. The number of methoxy groups -OCH3 is 1. The largest absolute Gasteiger partial charge is 0.380 e. The highest BCUT2D eigenvalue weighted by molar-refractivity contribution is 5.51. The third kappa shape index (κ3) is 4.04. The van der Waals surface area contributed by atoms with Crippen LogP contribution >= 0.6 is 0 Å². The third-order valence-corrected chi connectivity index (χ3v) is 5.05. The second-order valence-electron chi connectivity index (χ2n) is 6.65. The van der Waals surface area contributed by atoms with Crippen LogP contribution in [0.4, 0.5) is 10.1 Å². The summed E-state index contributed by atoms with van der Waals surface area (Å²) in [6.07, 6.45) is 0. The molecule has 4 nitrogen and oxygen atoms in total. The number of halogens is 1. The number of nitrogens with zero attached hydrogens (tertiary/aromatic N) is 3. The van der Waals surface area contributed by atoms with Crippen LogP contribution in [0.5, 0.6) is 0 Å². The van der Waals surface area contributed by atoms with E-state index in [1.807, 2.05) is 6.07 Å². The minimum atomic E-state index is -0.320. The molecule has 136 valence electrons. The Hall–Kier alpha value is -2.42. The lowest BCUT2D eigenvalue weighted by Crippen LogP contribution is -2.47. The van der Waals surface area contributed by atoms with Gasteiger partial charge in [0.15, 0.2) is 0 Å². The Morgan fingerprint density at radius 1 is 1.12 bits per heavy atom. The molecule has 0 spiro atoms. The summed E-state index contributed by atoms with van der Waals surface area (Å²) in [6, 6.07) is 15.5. The van der Waals surface area contributed by atoms with E-state index in [9.17, 15) is 4.39 Å². The maximum atomic E-state index is 14.2. The van der Waals surface area contributed by atoms with Crippen LogP contribution in [0.15, 0.2) is 42.5 Å². The normalized spacial score (nSPS) is 16.3. The molecule has 0 unspecified atom stereocenters. The van der Waals surface area contributed by atoms with Crippen molar-refractivity contribution in [1.82, 2.24) is 4.90 Å². The lowest BCUT2D eigenvalue weighted by atomic mass is 10.0. The minimum absolute atomic E-state index is 0.319. The molecular weight excluding hydrogens is 329 g/mol. The summed E-state index contributed by atoms with van der Waals surface area (Å²) in [5, 5.41) is 8.87. The molecule has 0 saturated carbocycles. The summed E-state index contributed by atoms with van der Waals surface area (Å²) in [4.78, 5) is 4.48. The zero-order valence-corrected chi connectivity index (χ0v) is 15.3. The van der Waals surface area contributed by atoms with Crippen molar-refractivity contribution in [1.29, 1.82) is 5.26 Å². The molecule has 0 bridgehead atoms. The standard InChI is InChI=1S/C21H24FN3O/c1-16(19-6-3-17(4-7-19)15-26-2)24-9-11-25(12-10-24)21-8-5-18(14-23)13-20(21)22/h3-8,13,16H,9-12,15H2,1-2H3/t16-/m1/s1. The molecule has 1 heterocycles. The first-order valence-electron chi connectivity index (χ1n) is 8.89. The van der Waals surface area contributed by atoms with Gasteiger partial charge in [-0.05, 0) is 36.2 Å². The second-order valence-corrected chi connectivity index (χ2v) is 6.65. The van der Waals surface area contributed by atoms with Crippen molar-refractivity contribution in [3.8, 4) is 6.07 Å². The van der Waals surface area contributed by atoms with Gasteiger partial charge in [-0.3, -0.25) is 4.90 Å². The maximum absolute atomic E-state index is 14.2. The van der Waals surface area contributed by atoms with Gasteiger partial charge in [-0.25, -0.2) is 4.39 Å². The van der Waals surface area contributed by atoms with Gasteiger partial charge in [0.2, 0.25) is 0 Å². The lowest BCUT2D eigenvalue weighted by molar-refractivity contribution is 0.184. The average Bonchev–Trinajstić information content (AvgIpc) is 2.68. The first-order chi connectivity index (χ1) is 12.6. The number of hydrogen-bond acceptors (Lipinski definition) is 4. The molecule has 0 aromatic heterocycles. The average molecular weight is 353 g/mol. The molecule has 1 saturated heterocycles. The molecule has 0 amide bonds. The maximum Gasteiger partial charge on any atom is 0.147 e. The summed E-state index contributed by atoms with van der Waals surface area (Å²) < 4.78 is 19.4. The Labute approximate surface area is 154 Å². The summed E-state index contributed by atoms with van der Waals surface area (Å²) in [5.74, 6) is -0.320. The van der Waals surface area contributed by atoms with Crippen molar-refractivity contribution in [2.24, 2.45) is 0 Å². The summed E-state index contributed by atoms with van der Waals surface area (Å²) in [5.41, 5.74) is 3.39. The van der Waals surface area contributed by atoms with E-state index in [1.165, 1.54) is 17.2 Å². The number of anilines is 1. The number of rotatable bonds is 5. The van der Waals surface area contributed by atoms with Gasteiger partial charge in [0.05, 0.1) is 23.9 Å². The predicted molar refractivity (Wildman–Crippen MR) is 100 cm³/mol. The van der Waals surface area contributed by atoms with Gasteiger partial charge in [0.25, 0.3) is 0 Å². The van der Waals surface area contributed by atoms with E-state index in [4.69, 9.17) is 10.00 Å². The van der Waals surface area contributed by atoms with Crippen LogP contribution in [0.25, 0.3) is 0 Å². The van der Waals surface area contributed by atoms with Crippen LogP contribution in [0, 0.1) is 17.1 Å². The van der Waals surface area contributed by atoms with E-state index in [0.717, 1.165) is 26.2 Å². The lowest BCUT2D eigenvalue weighted by Gasteiger charge is -2.39. The highest BCUT2D eigenvalue weighted by atomic mass is 19.1. The van der Waals surface area contributed by atoms with Crippen LogP contribution in [-0.2, 0) is 11.3 Å². The van der Waals surface area contributed by atoms with E-state index in [0.29, 0.717) is 23.9 Å². The number of piperazine rings is 1. The molecule has 1 atom stereocenters. The first-order valence-corrected chi connectivity index (χ1v) is 8.89. The number of ether oxygens (including phenoxy) is 1. The Morgan fingerprint density at radius 2 is 1.81 bits per heavy atom. The molecule has 0 aliphatic carbocycles. The van der Waals surface area contributed by atoms with Crippen LogP contribution in [0.1, 0.15) is 29.7 Å². The Balaban J connectivity index is 1.62. The molecule has 1 aliphatic heterocycles. The number of benzene rings is 2. The number of nitriles is 1. The number of hydrogen-bond donors (Lipinski definition) is 0. The second kappa shape index (κ2) is 8.31. The predicted octanol–water partition coefficient (Wildman–Crippen LogP) is 3.73. The molecule has 1 aliphatic rings. The molecular formula is C21H24FN3O. The van der Waals surface area contributed by atoms with Gasteiger partial charge < -0.3 is 9.64 Å². The van der Waals surface area contributed by atoms with Crippen molar-refractivity contribution in [2.45, 2.75) is 19.6 Å². The van der Waals surface area contributed by atoms with E-state index in [2.05, 4.69) is 41.0 Å². The van der Waals surface area contributed by atoms with Gasteiger partial charge in [-0.1, -0.05) is 24.3 Å². The zero-order valence-electron chi connectivity index (χ0n) is 15.3. The van der Waals surface area contributed by atoms with Crippen molar-refractivity contribution >= 4 is 5.69 Å². The molecule has 0 radical (unpaired) electrons. The minimum Gasteiger partial charge on any atom is -0.380 e. The molecule has 5 heteroatoms. The smallest absolute Gasteiger partial charge is 0.147 e. The summed E-state index contributed by atoms with van der Waals surface area (Å²) >= 11 is 0. The Morgan fingerprint density at radius 3 is 2.38 bits per heavy atom. The monoisotopic (exact) mass is 353 g/mol. The molecule has 2 aromatic rings. The Bertz CT molecular complexity index is 777. The first kappa shape index (κ1) is 18.4. The quantitative estimate of drug-likeness (QED) is 0.821.